The molecule has 0 amide bonds. The fourth-order valence-electron chi connectivity index (χ4n) is 5.41. The molecular weight excluding hydrogens is 1180 g/mol. The third kappa shape index (κ3) is 27.7. The molecule has 36 heteroatoms. The van der Waals surface area contributed by atoms with E-state index in [9.17, 15) is 16.8 Å². The van der Waals surface area contributed by atoms with Gasteiger partial charge in [0.2, 0.25) is 0 Å². The lowest BCUT2D eigenvalue weighted by atomic mass is 8.46. The van der Waals surface area contributed by atoms with E-state index >= 15 is 0 Å². The SMILES string of the molecule is BrCCOc1cncc(Br)c1.CC1(C)OB(c2cncc(OCCS(C)(=O)=O)c2)OC1(C)C.CS(=O)(=O)CCOc1cncc(Br)c1.Oc1cncc(Br)c1.[B][B]B([B])B(B([B])[B])B(B([B])[B])B([B])[B]. The van der Waals surface area contributed by atoms with E-state index in [1.165, 1.54) is 38.2 Å². The predicted molar refractivity (Wildman–Crippen MR) is 313 cm³/mol. The van der Waals surface area contributed by atoms with Crippen molar-refractivity contribution in [2.24, 2.45) is 0 Å². The second kappa shape index (κ2) is 32.8. The van der Waals surface area contributed by atoms with Crippen molar-refractivity contribution < 1.29 is 45.5 Å². The van der Waals surface area contributed by atoms with Crippen LogP contribution in [0, 0.1) is 0 Å². The van der Waals surface area contributed by atoms with E-state index in [1.54, 1.807) is 49.2 Å². The van der Waals surface area contributed by atoms with Gasteiger partial charge in [0.1, 0.15) is 36.2 Å². The number of hydrogen-bond acceptors (Lipinski definition) is 14. The zero-order chi connectivity index (χ0) is 53.5. The minimum atomic E-state index is -3.05. The van der Waals surface area contributed by atoms with E-state index in [1.807, 2.05) is 33.8 Å². The summed E-state index contributed by atoms with van der Waals surface area (Å²) in [6.45, 7) is 8.82. The van der Waals surface area contributed by atoms with Gasteiger partial charge in [0.05, 0.1) is 54.1 Å². The van der Waals surface area contributed by atoms with E-state index in [4.69, 9.17) is 90.5 Å². The highest BCUT2D eigenvalue weighted by Crippen LogP contribution is 2.36. The number of ether oxygens (including phenoxy) is 3. The molecule has 14 nitrogen and oxygen atoms in total. The molecule has 0 unspecified atom stereocenters. The van der Waals surface area contributed by atoms with E-state index in [0.29, 0.717) is 18.1 Å². The molecule has 4 aromatic rings. The largest absolute Gasteiger partial charge is 0.506 e. The molecule has 1 saturated heterocycles. The van der Waals surface area contributed by atoms with Gasteiger partial charge in [-0.25, -0.2) is 16.8 Å². The van der Waals surface area contributed by atoms with Gasteiger partial charge in [0.15, 0.2) is 19.7 Å². The fourth-order valence-corrected chi connectivity index (χ4v) is 7.39. The lowest BCUT2D eigenvalue weighted by Gasteiger charge is -2.35. The quantitative estimate of drug-likeness (QED) is 0.108. The van der Waals surface area contributed by atoms with Crippen LogP contribution in [-0.4, -0.2) is 217 Å². The molecule has 0 atom stereocenters. The Balaban J connectivity index is 0.000000455. The molecule has 0 saturated carbocycles. The van der Waals surface area contributed by atoms with Crippen LogP contribution in [0.15, 0.2) is 87.3 Å². The molecule has 4 aromatic heterocycles. The van der Waals surface area contributed by atoms with Gasteiger partial charge in [-0.3, -0.25) is 19.9 Å². The molecule has 1 N–H and O–H groups in total. The molecule has 1 fully saturated rings. The minimum Gasteiger partial charge on any atom is -0.506 e. The molecule has 17 radical (unpaired) electrons. The van der Waals surface area contributed by atoms with Gasteiger partial charge in [-0.05, 0) is 99.8 Å². The van der Waals surface area contributed by atoms with E-state index < -0.39 is 76.3 Å². The van der Waals surface area contributed by atoms with Crippen LogP contribution in [0.5, 0.6) is 23.0 Å². The molecule has 5 heterocycles. The van der Waals surface area contributed by atoms with Crippen LogP contribution >= 0.6 is 63.7 Å². The van der Waals surface area contributed by atoms with Crippen molar-refractivity contribution in [1.29, 1.82) is 0 Å². The van der Waals surface area contributed by atoms with Crippen LogP contribution in [-0.2, 0) is 29.0 Å². The third-order valence-corrected chi connectivity index (χ3v) is 13.0. The van der Waals surface area contributed by atoms with Crippen molar-refractivity contribution in [3.05, 3.63) is 87.3 Å². The maximum absolute atomic E-state index is 11.1. The van der Waals surface area contributed by atoms with E-state index in [0.717, 1.165) is 30.0 Å². The van der Waals surface area contributed by atoms with Gasteiger partial charge in [-0.1, -0.05) is 15.9 Å². The zero-order valence-electron chi connectivity index (χ0n) is 39.6. The van der Waals surface area contributed by atoms with Crippen molar-refractivity contribution in [3.8, 4) is 23.0 Å². The number of hydrogen-bond donors (Lipinski definition) is 1. The van der Waals surface area contributed by atoms with Crippen LogP contribution in [0.2, 0.25) is 0 Å². The molecule has 1 aliphatic rings. The molecule has 0 bridgehead atoms. The van der Waals surface area contributed by atoms with Crippen molar-refractivity contribution in [2.45, 2.75) is 38.9 Å². The van der Waals surface area contributed by atoms with E-state index in [2.05, 4.69) is 83.7 Å². The number of sulfone groups is 2. The van der Waals surface area contributed by atoms with Gasteiger partial charge >= 0.3 is 7.12 Å². The monoisotopic (exact) mass is 1220 g/mol. The number of pyridine rings is 4. The van der Waals surface area contributed by atoms with Crippen LogP contribution < -0.4 is 19.7 Å². The lowest BCUT2D eigenvalue weighted by molar-refractivity contribution is 0.00578. The van der Waals surface area contributed by atoms with Gasteiger partial charge in [-0.15, -0.1) is 0 Å². The van der Waals surface area contributed by atoms with Gasteiger partial charge in [0, 0.05) is 169 Å². The van der Waals surface area contributed by atoms with Crippen molar-refractivity contribution in [3.63, 3.8) is 0 Å². The Labute approximate surface area is 462 Å². The number of nitrogens with zero attached hydrogens (tertiary/aromatic N) is 4. The maximum atomic E-state index is 11.1. The molecular formula is C34H43B16Br4N4O10S2. The minimum absolute atomic E-state index is 0.0134. The third-order valence-electron chi connectivity index (χ3n) is 9.55. The molecule has 1 aliphatic heterocycles. The summed E-state index contributed by atoms with van der Waals surface area (Å²) >= 11 is 12.9. The van der Waals surface area contributed by atoms with Gasteiger partial charge < -0.3 is 28.6 Å². The first-order valence-corrected chi connectivity index (χ1v) is 28.5. The van der Waals surface area contributed by atoms with Crippen molar-refractivity contribution in [2.75, 3.05) is 49.2 Å². The normalized spacial score (nSPS) is 13.0. The number of halogens is 4. The average Bonchev–Trinajstić information content (AvgIpc) is 3.47. The van der Waals surface area contributed by atoms with Gasteiger partial charge in [0.25, 0.3) is 0 Å². The highest BCUT2D eigenvalue weighted by atomic mass is 79.9. The number of aromatic hydroxyl groups is 1. The Kier molecular flexibility index (Phi) is 31.2. The Morgan fingerprint density at radius 2 is 0.986 bits per heavy atom. The zero-order valence-corrected chi connectivity index (χ0v) is 47.6. The smallest absolute Gasteiger partial charge is 0.496 e. The molecule has 0 aliphatic carbocycles. The second-order valence-electron chi connectivity index (χ2n) is 16.2. The number of alkyl halides is 1. The molecule has 5 rings (SSSR count). The van der Waals surface area contributed by atoms with Crippen LogP contribution in [0.25, 0.3) is 0 Å². The molecule has 0 aromatic carbocycles. The lowest BCUT2D eigenvalue weighted by Crippen LogP contribution is -2.73. The first kappa shape index (κ1) is 66.6. The van der Waals surface area contributed by atoms with Gasteiger partial charge in [-0.2, -0.15) is 0 Å². The first-order chi connectivity index (χ1) is 32.4. The summed E-state index contributed by atoms with van der Waals surface area (Å²) in [5.41, 5.74) is -0.106. The highest BCUT2D eigenvalue weighted by Gasteiger charge is 2.52. The summed E-state index contributed by atoms with van der Waals surface area (Å²) in [5.74, 6) is 2.00. The number of rotatable bonds is 18. The molecule has 0 spiro atoms. The van der Waals surface area contributed by atoms with Crippen LogP contribution in [0.3, 0.4) is 0 Å². The van der Waals surface area contributed by atoms with Crippen LogP contribution in [0.4, 0.5) is 0 Å². The van der Waals surface area contributed by atoms with E-state index in [-0.39, 0.29) is 30.5 Å². The molecule has 70 heavy (non-hydrogen) atoms. The average molecular weight is 1220 g/mol. The topological polar surface area (TPSA) is 186 Å². The standard InChI is InChI=1S/C14H22BNO5S.C8H10BrNO3S.C7H7Br2NO.C5H4BrNO.B15/c1-13(2)14(3,4)21-15(20-13)11-8-12(10-16-9-11)19-6-7-22(5,17)18;1-14(11,12)3-2-13-8-4-7(9)5-10-6-8;8-1-2-11-7-3-6(9)4-10-5-7;6-4-1-5(8)3-7-2-4;1-9-13(8)15(12(6)7)14(10(2)3)11(4)5/h8-10H,6-7H2,1-5H3;4-6H,2-3H2,1H3;3-5H,1-2H2;1-3,8H;. The Morgan fingerprint density at radius 3 is 1.31 bits per heavy atom. The number of aromatic nitrogens is 4. The summed E-state index contributed by atoms with van der Waals surface area (Å²) in [4.78, 5) is 15.6. The summed E-state index contributed by atoms with van der Waals surface area (Å²) in [7, 11) is 39.2. The summed E-state index contributed by atoms with van der Waals surface area (Å²) in [6.07, 6.45) is 11.3. The summed E-state index contributed by atoms with van der Waals surface area (Å²) < 4.78 is 74.1. The Morgan fingerprint density at radius 1 is 0.614 bits per heavy atom. The molecule has 347 valence electrons. The van der Waals surface area contributed by atoms with Crippen molar-refractivity contribution in [1.82, 2.24) is 19.9 Å². The van der Waals surface area contributed by atoms with Crippen molar-refractivity contribution >= 4 is 203 Å². The fraction of sp³-hybridized carbons (Fsp3) is 0.412. The van der Waals surface area contributed by atoms with Crippen LogP contribution in [0.1, 0.15) is 27.7 Å². The maximum Gasteiger partial charge on any atom is 0.496 e. The summed E-state index contributed by atoms with van der Waals surface area (Å²) in [6, 6.07) is 6.95. The highest BCUT2D eigenvalue weighted by molar-refractivity contribution is 9.11. The second-order valence-corrected chi connectivity index (χ2v) is 24.3. The Bertz CT molecular complexity index is 2350. The predicted octanol–water partition coefficient (Wildman–Crippen LogP) is 0.527. The first-order valence-electron chi connectivity index (χ1n) is 20.9. The summed E-state index contributed by atoms with van der Waals surface area (Å²) in [5, 5.41) is 9.55. The Hall–Kier alpha value is -1.42.